The molecule has 0 aromatic carbocycles. The van der Waals surface area contributed by atoms with E-state index in [4.69, 9.17) is 0 Å². The second-order valence-corrected chi connectivity index (χ2v) is 12.5. The minimum absolute atomic E-state index is 0. The Labute approximate surface area is 260 Å². The van der Waals surface area contributed by atoms with Crippen LogP contribution in [0.15, 0.2) is 40.0 Å². The molecule has 0 unspecified atom stereocenters. The van der Waals surface area contributed by atoms with Crippen LogP contribution in [-0.4, -0.2) is 51.4 Å². The predicted octanol–water partition coefficient (Wildman–Crippen LogP) is 9.96. The summed E-state index contributed by atoms with van der Waals surface area (Å²) in [5.41, 5.74) is 11.5. The van der Waals surface area contributed by atoms with Gasteiger partial charge in [-0.25, -0.2) is 0 Å². The molecule has 0 saturated heterocycles. The van der Waals surface area contributed by atoms with Gasteiger partial charge >= 0.3 is 259 Å². The number of hydrogen-bond donors (Lipinski definition) is 0. The van der Waals surface area contributed by atoms with Gasteiger partial charge in [-0.3, -0.25) is 0 Å². The zero-order valence-electron chi connectivity index (χ0n) is 25.6. The van der Waals surface area contributed by atoms with Crippen LogP contribution >= 0.6 is 0 Å². The summed E-state index contributed by atoms with van der Waals surface area (Å²) in [6.45, 7) is 24.5. The minimum atomic E-state index is -0.877. The normalized spacial score (nSPS) is 19.9. The zero-order valence-corrected chi connectivity index (χ0v) is 25.0. The van der Waals surface area contributed by atoms with E-state index in [0.717, 1.165) is 0 Å². The number of allylic oxidation sites excluding steroid dienone is 8. The topological polar surface area (TPSA) is 0 Å². The van der Waals surface area contributed by atoms with Crippen molar-refractivity contribution >= 4 is 51.4 Å². The van der Waals surface area contributed by atoms with Crippen molar-refractivity contribution in [3.8, 4) is 0 Å². The summed E-state index contributed by atoms with van der Waals surface area (Å²) in [4.78, 5) is 0. The molecular weight excluding hydrogens is 491 g/mol. The molecule has 182 valence electrons. The van der Waals surface area contributed by atoms with E-state index in [2.05, 4.69) is 69.2 Å². The molecule has 0 bridgehead atoms. The molecule has 0 heterocycles. The molecule has 0 aromatic rings. The van der Waals surface area contributed by atoms with Crippen LogP contribution in [0, 0.1) is 10.8 Å². The summed E-state index contributed by atoms with van der Waals surface area (Å²) >= 11 is -0.877. The first-order valence-electron chi connectivity index (χ1n) is 13.6. The second kappa shape index (κ2) is 13.7. The average Bonchev–Trinajstić information content (AvgIpc) is 3.23. The fourth-order valence-electron chi connectivity index (χ4n) is 7.44. The molecule has 2 aliphatic carbocycles. The summed E-state index contributed by atoms with van der Waals surface area (Å²) in [5.74, 6) is 0. The SMILES string of the molecule is CCC1=C(CC)C(CC)(CC)[C]([Zr][C]2=C(CC)C(CC)=C(CC)C2(CC)CC)=C1CC.[H-].[H-].[H-].[KH]. The Morgan fingerprint density at radius 3 is 0.938 bits per heavy atom. The van der Waals surface area contributed by atoms with Crippen LogP contribution < -0.4 is 0 Å². The maximum absolute atomic E-state index is 2.48. The van der Waals surface area contributed by atoms with Crippen molar-refractivity contribution in [2.24, 2.45) is 10.8 Å². The van der Waals surface area contributed by atoms with E-state index in [0.29, 0.717) is 10.8 Å². The Bertz CT molecular complexity index is 730. The van der Waals surface area contributed by atoms with E-state index in [-0.39, 0.29) is 55.7 Å². The summed E-state index contributed by atoms with van der Waals surface area (Å²) in [6.07, 6.45) is 12.6. The number of hydrogen-bond acceptors (Lipinski definition) is 0. The van der Waals surface area contributed by atoms with Crippen LogP contribution in [0.25, 0.3) is 0 Å². The van der Waals surface area contributed by atoms with E-state index < -0.39 is 23.2 Å². The summed E-state index contributed by atoms with van der Waals surface area (Å²) in [5, 5.41) is 0. The van der Waals surface area contributed by atoms with Crippen LogP contribution in [0.3, 0.4) is 0 Å². The molecule has 0 atom stereocenters. The fraction of sp³-hybridized carbons (Fsp3) is 0.733. The quantitative estimate of drug-likeness (QED) is 0.214. The molecule has 0 N–H and O–H groups in total. The molecule has 2 rings (SSSR count). The van der Waals surface area contributed by atoms with Crippen molar-refractivity contribution in [1.29, 1.82) is 0 Å². The van der Waals surface area contributed by atoms with Gasteiger partial charge < -0.3 is 4.28 Å². The van der Waals surface area contributed by atoms with E-state index in [1.54, 1.807) is 11.1 Å². The number of rotatable bonds is 12. The molecule has 0 saturated carbocycles. The Morgan fingerprint density at radius 2 is 0.750 bits per heavy atom. The van der Waals surface area contributed by atoms with E-state index in [1.165, 1.54) is 64.2 Å². The van der Waals surface area contributed by atoms with E-state index in [1.807, 2.05) is 28.9 Å². The van der Waals surface area contributed by atoms with Crippen LogP contribution in [-0.2, 0) is 23.2 Å². The van der Waals surface area contributed by atoms with E-state index in [9.17, 15) is 0 Å². The molecule has 0 aromatic heterocycles. The molecule has 0 amide bonds. The van der Waals surface area contributed by atoms with Gasteiger partial charge in [0.15, 0.2) is 0 Å². The zero-order chi connectivity index (χ0) is 23.4. The van der Waals surface area contributed by atoms with Gasteiger partial charge in [-0.05, 0) is 0 Å². The van der Waals surface area contributed by atoms with Crippen molar-refractivity contribution < 1.29 is 27.5 Å². The third-order valence-electron chi connectivity index (χ3n) is 8.96. The molecule has 2 heteroatoms. The third kappa shape index (κ3) is 4.87. The van der Waals surface area contributed by atoms with Gasteiger partial charge in [0.1, 0.15) is 0 Å². The Kier molecular flexibility index (Phi) is 13.5. The van der Waals surface area contributed by atoms with Gasteiger partial charge in [-0.2, -0.15) is 0 Å². The molecule has 32 heavy (non-hydrogen) atoms. The van der Waals surface area contributed by atoms with E-state index >= 15 is 0 Å². The standard InChI is InChI=1S/2C15H25.K.Zr.4H/c2*1-6-12-11-15(9-4,10-5)14(8-3)13(12)7-2;;;;;;/h2*6-10H2,1-5H3;;;;;;/q;;;;;3*-1. The molecule has 0 fully saturated rings. The van der Waals surface area contributed by atoms with Gasteiger partial charge in [-0.15, -0.1) is 0 Å². The van der Waals surface area contributed by atoms with Crippen molar-refractivity contribution in [3.63, 3.8) is 0 Å². The summed E-state index contributed by atoms with van der Waals surface area (Å²) in [6, 6.07) is 0. The summed E-state index contributed by atoms with van der Waals surface area (Å²) < 4.78 is 3.97. The second-order valence-electron chi connectivity index (χ2n) is 9.45. The van der Waals surface area contributed by atoms with Crippen LogP contribution in [0.5, 0.6) is 0 Å². The van der Waals surface area contributed by atoms with Crippen LogP contribution in [0.2, 0.25) is 0 Å². The average molecular weight is 545 g/mol. The Balaban J connectivity index is -0.00000256. The summed E-state index contributed by atoms with van der Waals surface area (Å²) in [7, 11) is 0. The fourth-order valence-corrected chi connectivity index (χ4v) is 14.1. The van der Waals surface area contributed by atoms with Crippen molar-refractivity contribution in [2.45, 2.75) is 133 Å². The molecule has 0 radical (unpaired) electrons. The van der Waals surface area contributed by atoms with Crippen molar-refractivity contribution in [3.05, 3.63) is 40.0 Å². The molecule has 2 aliphatic rings. The van der Waals surface area contributed by atoms with Gasteiger partial charge in [0.05, 0.1) is 0 Å². The molecule has 0 spiro atoms. The van der Waals surface area contributed by atoms with Crippen molar-refractivity contribution in [2.75, 3.05) is 0 Å². The van der Waals surface area contributed by atoms with Crippen LogP contribution in [0.4, 0.5) is 0 Å². The molecule has 0 nitrogen and oxygen atoms in total. The van der Waals surface area contributed by atoms with Gasteiger partial charge in [0.25, 0.3) is 0 Å². The van der Waals surface area contributed by atoms with Crippen LogP contribution in [0.1, 0.15) is 138 Å². The Hall–Kier alpha value is 1.48. The first-order valence-corrected chi connectivity index (χ1v) is 16.1. The molecule has 0 aliphatic heterocycles. The predicted molar refractivity (Wildman–Crippen MR) is 146 cm³/mol. The van der Waals surface area contributed by atoms with Gasteiger partial charge in [0.2, 0.25) is 0 Å². The monoisotopic (exact) mass is 543 g/mol. The maximum atomic E-state index is 2.48. The molecular formula is C30H54KZr-3. The Morgan fingerprint density at radius 1 is 0.469 bits per heavy atom. The first kappa shape index (κ1) is 31.5. The third-order valence-corrected chi connectivity index (χ3v) is 14.0. The van der Waals surface area contributed by atoms with Crippen molar-refractivity contribution in [1.82, 2.24) is 0 Å². The van der Waals surface area contributed by atoms with Gasteiger partial charge in [-0.1, -0.05) is 0 Å². The first-order chi connectivity index (χ1) is 14.9. The van der Waals surface area contributed by atoms with Gasteiger partial charge in [0, 0.05) is 0 Å².